The van der Waals surface area contributed by atoms with Crippen molar-refractivity contribution in [1.29, 1.82) is 5.26 Å². The van der Waals surface area contributed by atoms with Crippen molar-refractivity contribution in [1.82, 2.24) is 15.1 Å². The second-order valence-corrected chi connectivity index (χ2v) is 8.63. The number of carbonyl (C=O) groups is 1. The van der Waals surface area contributed by atoms with Crippen molar-refractivity contribution in [3.63, 3.8) is 0 Å². The van der Waals surface area contributed by atoms with Crippen molar-refractivity contribution >= 4 is 23.6 Å². The highest BCUT2D eigenvalue weighted by Crippen LogP contribution is 2.32. The van der Waals surface area contributed by atoms with Gasteiger partial charge in [-0.2, -0.15) is 10.4 Å². The van der Waals surface area contributed by atoms with E-state index in [2.05, 4.69) is 5.32 Å². The van der Waals surface area contributed by atoms with Gasteiger partial charge in [0.25, 0.3) is 5.91 Å². The molecule has 1 unspecified atom stereocenters. The van der Waals surface area contributed by atoms with Gasteiger partial charge in [-0.3, -0.25) is 4.79 Å². The van der Waals surface area contributed by atoms with E-state index in [4.69, 9.17) is 26.2 Å². The number of hydrogen-bond acceptors (Lipinski definition) is 5. The van der Waals surface area contributed by atoms with Gasteiger partial charge in [-0.25, -0.2) is 4.68 Å². The van der Waals surface area contributed by atoms with Crippen LogP contribution in [-0.2, 0) is 9.53 Å². The Labute approximate surface area is 209 Å². The van der Waals surface area contributed by atoms with E-state index in [1.807, 2.05) is 55.5 Å². The molecule has 3 aromatic rings. The second-order valence-electron chi connectivity index (χ2n) is 8.22. The van der Waals surface area contributed by atoms with Gasteiger partial charge in [0.05, 0.1) is 23.4 Å². The highest BCUT2D eigenvalue weighted by Gasteiger charge is 2.19. The summed E-state index contributed by atoms with van der Waals surface area (Å²) in [7, 11) is 0. The van der Waals surface area contributed by atoms with Crippen LogP contribution in [0.15, 0.2) is 60.3 Å². The van der Waals surface area contributed by atoms with E-state index in [1.165, 1.54) is 0 Å². The number of hydrogen-bond donors (Lipinski definition) is 1. The molecule has 0 bridgehead atoms. The number of ether oxygens (including phenoxy) is 2. The highest BCUT2D eigenvalue weighted by molar-refractivity contribution is 6.32. The SMILES string of the molecule is CCCOc1ccc(-c2nn(-c3ccccc3)cc2C=C(C#N)C(=O)NCC2CCCO2)cc1Cl. The number of nitrogens with zero attached hydrogens (tertiary/aromatic N) is 3. The summed E-state index contributed by atoms with van der Waals surface area (Å²) >= 11 is 6.47. The topological polar surface area (TPSA) is 89.2 Å². The summed E-state index contributed by atoms with van der Waals surface area (Å²) < 4.78 is 13.0. The molecule has 2 heterocycles. The largest absolute Gasteiger partial charge is 0.492 e. The molecule has 35 heavy (non-hydrogen) atoms. The Morgan fingerprint density at radius 2 is 2.17 bits per heavy atom. The molecule has 1 aromatic heterocycles. The number of benzene rings is 2. The van der Waals surface area contributed by atoms with Crippen LogP contribution in [-0.4, -0.2) is 41.6 Å². The maximum atomic E-state index is 12.7. The Balaban J connectivity index is 1.68. The molecular weight excluding hydrogens is 464 g/mol. The van der Waals surface area contributed by atoms with Crippen LogP contribution in [0.25, 0.3) is 23.0 Å². The van der Waals surface area contributed by atoms with Gasteiger partial charge in [0.1, 0.15) is 23.1 Å². The van der Waals surface area contributed by atoms with Crippen LogP contribution < -0.4 is 10.1 Å². The van der Waals surface area contributed by atoms with E-state index >= 15 is 0 Å². The number of rotatable bonds is 9. The lowest BCUT2D eigenvalue weighted by atomic mass is 10.1. The Morgan fingerprint density at radius 1 is 1.34 bits per heavy atom. The van der Waals surface area contributed by atoms with Gasteiger partial charge in [0, 0.05) is 30.5 Å². The van der Waals surface area contributed by atoms with Crippen LogP contribution in [0.5, 0.6) is 5.75 Å². The van der Waals surface area contributed by atoms with Crippen LogP contribution in [0.4, 0.5) is 0 Å². The fraction of sp³-hybridized carbons (Fsp3) is 0.296. The third kappa shape index (κ3) is 6.10. The van der Waals surface area contributed by atoms with Crippen LogP contribution in [0.3, 0.4) is 0 Å². The molecule has 2 aromatic carbocycles. The summed E-state index contributed by atoms with van der Waals surface area (Å²) in [5, 5.41) is 17.8. The molecule has 0 spiro atoms. The third-order valence-electron chi connectivity index (χ3n) is 5.61. The minimum atomic E-state index is -0.442. The smallest absolute Gasteiger partial charge is 0.262 e. The van der Waals surface area contributed by atoms with Gasteiger partial charge in [-0.05, 0) is 55.7 Å². The van der Waals surface area contributed by atoms with E-state index < -0.39 is 5.91 Å². The summed E-state index contributed by atoms with van der Waals surface area (Å²) in [6.07, 6.45) is 6.10. The first kappa shape index (κ1) is 24.5. The minimum absolute atomic E-state index is 0.00846. The lowest BCUT2D eigenvalue weighted by Gasteiger charge is -2.10. The van der Waals surface area contributed by atoms with Crippen LogP contribution >= 0.6 is 11.6 Å². The molecule has 4 rings (SSSR count). The average molecular weight is 491 g/mol. The fourth-order valence-electron chi connectivity index (χ4n) is 3.82. The molecule has 8 heteroatoms. The summed E-state index contributed by atoms with van der Waals surface area (Å²) in [5.41, 5.74) is 2.81. The standard InChI is InChI=1S/C27H27ClN4O3/c1-2-12-35-25-11-10-19(15-24(25)28)26-21(18-32(31-26)22-7-4-3-5-8-22)14-20(16-29)27(33)30-17-23-9-6-13-34-23/h3-5,7-8,10-11,14-15,18,23H,2,6,9,12-13,17H2,1H3,(H,30,33). The normalized spacial score (nSPS) is 15.6. The number of carbonyl (C=O) groups excluding carboxylic acids is 1. The van der Waals surface area contributed by atoms with E-state index in [0.717, 1.165) is 30.5 Å². The average Bonchev–Trinajstić information content (AvgIpc) is 3.56. The fourth-order valence-corrected chi connectivity index (χ4v) is 4.05. The lowest BCUT2D eigenvalue weighted by Crippen LogP contribution is -2.32. The minimum Gasteiger partial charge on any atom is -0.492 e. The molecular formula is C27H27ClN4O3. The zero-order chi connectivity index (χ0) is 24.6. The van der Waals surface area contributed by atoms with Crippen molar-refractivity contribution in [3.05, 3.63) is 70.9 Å². The van der Waals surface area contributed by atoms with Gasteiger partial charge >= 0.3 is 0 Å². The molecule has 1 fully saturated rings. The van der Waals surface area contributed by atoms with Gasteiger partial charge in [-0.15, -0.1) is 0 Å². The van der Waals surface area contributed by atoms with Gasteiger partial charge in [0.15, 0.2) is 0 Å². The molecule has 7 nitrogen and oxygen atoms in total. The van der Waals surface area contributed by atoms with E-state index in [1.54, 1.807) is 23.0 Å². The summed E-state index contributed by atoms with van der Waals surface area (Å²) in [5.74, 6) is 0.158. The second kappa shape index (κ2) is 11.7. The quantitative estimate of drug-likeness (QED) is 0.329. The van der Waals surface area contributed by atoms with Crippen LogP contribution in [0.2, 0.25) is 5.02 Å². The first-order valence-electron chi connectivity index (χ1n) is 11.7. The monoisotopic (exact) mass is 490 g/mol. The first-order chi connectivity index (χ1) is 17.1. The van der Waals surface area contributed by atoms with Gasteiger partial charge < -0.3 is 14.8 Å². The predicted octanol–water partition coefficient (Wildman–Crippen LogP) is 5.18. The van der Waals surface area contributed by atoms with Gasteiger partial charge in [-0.1, -0.05) is 36.7 Å². The molecule has 1 aliphatic heterocycles. The zero-order valence-corrected chi connectivity index (χ0v) is 20.3. The number of halogens is 1. The lowest BCUT2D eigenvalue weighted by molar-refractivity contribution is -0.117. The summed E-state index contributed by atoms with van der Waals surface area (Å²) in [6, 6.07) is 17.1. The van der Waals surface area contributed by atoms with Crippen molar-refractivity contribution in [3.8, 4) is 28.8 Å². The van der Waals surface area contributed by atoms with Crippen molar-refractivity contribution in [2.24, 2.45) is 0 Å². The maximum Gasteiger partial charge on any atom is 0.262 e. The molecule has 180 valence electrons. The van der Waals surface area contributed by atoms with Gasteiger partial charge in [0.2, 0.25) is 0 Å². The van der Waals surface area contributed by atoms with Crippen LogP contribution in [0.1, 0.15) is 31.7 Å². The Morgan fingerprint density at radius 3 is 2.86 bits per heavy atom. The summed E-state index contributed by atoms with van der Waals surface area (Å²) in [6.45, 7) is 3.68. The van der Waals surface area contributed by atoms with Crippen LogP contribution in [0, 0.1) is 11.3 Å². The van der Waals surface area contributed by atoms with Crippen molar-refractivity contribution < 1.29 is 14.3 Å². The van der Waals surface area contributed by atoms with E-state index in [-0.39, 0.29) is 11.7 Å². The summed E-state index contributed by atoms with van der Waals surface area (Å²) in [4.78, 5) is 12.7. The molecule has 1 N–H and O–H groups in total. The number of nitrogens with one attached hydrogen (secondary N) is 1. The Bertz CT molecular complexity index is 1240. The van der Waals surface area contributed by atoms with E-state index in [9.17, 15) is 10.1 Å². The van der Waals surface area contributed by atoms with Crippen molar-refractivity contribution in [2.45, 2.75) is 32.3 Å². The maximum absolute atomic E-state index is 12.7. The number of aromatic nitrogens is 2. The number of para-hydroxylation sites is 1. The third-order valence-corrected chi connectivity index (χ3v) is 5.90. The molecule has 0 aliphatic carbocycles. The molecule has 1 aliphatic rings. The predicted molar refractivity (Wildman–Crippen MR) is 135 cm³/mol. The molecule has 0 radical (unpaired) electrons. The number of nitriles is 1. The highest BCUT2D eigenvalue weighted by atomic mass is 35.5. The zero-order valence-electron chi connectivity index (χ0n) is 19.5. The van der Waals surface area contributed by atoms with E-state index in [0.29, 0.717) is 41.8 Å². The Kier molecular flexibility index (Phi) is 8.19. The molecule has 1 atom stereocenters. The molecule has 1 amide bonds. The number of amides is 1. The Hall–Kier alpha value is -3.60. The van der Waals surface area contributed by atoms with Crippen molar-refractivity contribution in [2.75, 3.05) is 19.8 Å². The molecule has 1 saturated heterocycles. The first-order valence-corrected chi connectivity index (χ1v) is 12.1. The molecule has 0 saturated carbocycles.